The lowest BCUT2D eigenvalue weighted by atomic mass is 10.1. The highest BCUT2D eigenvalue weighted by atomic mass is 127. The number of halogens is 2. The standard InChI is InChI=1S/C13H13ClIN3/c1-7(2)11-10(15)12(14)18-13(17-11)9-6-4-5-8(3)16-9/h4-7H,1-3H3. The number of pyridine rings is 1. The summed E-state index contributed by atoms with van der Waals surface area (Å²) in [6.45, 7) is 6.13. The van der Waals surface area contributed by atoms with E-state index in [9.17, 15) is 0 Å². The van der Waals surface area contributed by atoms with E-state index in [-0.39, 0.29) is 0 Å². The van der Waals surface area contributed by atoms with E-state index in [1.54, 1.807) is 0 Å². The molecule has 0 aliphatic carbocycles. The Bertz CT molecular complexity index is 584. The normalized spacial score (nSPS) is 11.0. The molecule has 2 aromatic rings. The van der Waals surface area contributed by atoms with Crippen molar-refractivity contribution in [3.05, 3.63) is 38.3 Å². The van der Waals surface area contributed by atoms with Crippen LogP contribution in [-0.2, 0) is 0 Å². The van der Waals surface area contributed by atoms with Crippen LogP contribution in [0.1, 0.15) is 31.2 Å². The number of nitrogens with zero attached hydrogens (tertiary/aromatic N) is 3. The summed E-state index contributed by atoms with van der Waals surface area (Å²) in [4.78, 5) is 13.3. The van der Waals surface area contributed by atoms with Crippen LogP contribution in [0.4, 0.5) is 0 Å². The van der Waals surface area contributed by atoms with Gasteiger partial charge in [0.25, 0.3) is 0 Å². The highest BCUT2D eigenvalue weighted by molar-refractivity contribution is 14.1. The molecule has 2 rings (SSSR count). The van der Waals surface area contributed by atoms with Gasteiger partial charge in [-0.15, -0.1) is 0 Å². The molecule has 18 heavy (non-hydrogen) atoms. The van der Waals surface area contributed by atoms with Crippen molar-refractivity contribution in [2.24, 2.45) is 0 Å². The van der Waals surface area contributed by atoms with Crippen molar-refractivity contribution in [2.45, 2.75) is 26.7 Å². The van der Waals surface area contributed by atoms with Gasteiger partial charge in [-0.1, -0.05) is 31.5 Å². The van der Waals surface area contributed by atoms with Gasteiger partial charge in [0.2, 0.25) is 0 Å². The molecule has 0 saturated heterocycles. The molecule has 94 valence electrons. The minimum Gasteiger partial charge on any atom is -0.250 e. The maximum absolute atomic E-state index is 6.17. The highest BCUT2D eigenvalue weighted by Gasteiger charge is 2.15. The van der Waals surface area contributed by atoms with Gasteiger partial charge in [0.05, 0.1) is 9.26 Å². The van der Waals surface area contributed by atoms with Gasteiger partial charge in [0.15, 0.2) is 5.82 Å². The fourth-order valence-corrected chi connectivity index (χ4v) is 2.64. The Hall–Kier alpha value is -0.750. The van der Waals surface area contributed by atoms with Gasteiger partial charge in [-0.2, -0.15) is 0 Å². The van der Waals surface area contributed by atoms with Crippen LogP contribution in [0.5, 0.6) is 0 Å². The predicted molar refractivity (Wildman–Crippen MR) is 81.8 cm³/mol. The molecule has 0 unspecified atom stereocenters. The summed E-state index contributed by atoms with van der Waals surface area (Å²) in [5.41, 5.74) is 2.67. The van der Waals surface area contributed by atoms with Gasteiger partial charge in [0, 0.05) is 5.69 Å². The van der Waals surface area contributed by atoms with Crippen LogP contribution in [0.2, 0.25) is 5.15 Å². The lowest BCUT2D eigenvalue weighted by molar-refractivity contribution is 0.807. The van der Waals surface area contributed by atoms with Crippen molar-refractivity contribution < 1.29 is 0 Å². The van der Waals surface area contributed by atoms with Crippen molar-refractivity contribution in [3.63, 3.8) is 0 Å². The van der Waals surface area contributed by atoms with Crippen molar-refractivity contribution >= 4 is 34.2 Å². The second-order valence-corrected chi connectivity index (χ2v) is 5.79. The van der Waals surface area contributed by atoms with E-state index in [1.165, 1.54) is 0 Å². The Labute approximate surface area is 125 Å². The Kier molecular flexibility index (Phi) is 4.17. The quantitative estimate of drug-likeness (QED) is 0.584. The number of aryl methyl sites for hydroxylation is 1. The van der Waals surface area contributed by atoms with E-state index in [4.69, 9.17) is 11.6 Å². The molecule has 0 atom stereocenters. The molecule has 0 saturated carbocycles. The number of aromatic nitrogens is 3. The molecular formula is C13H13ClIN3. The van der Waals surface area contributed by atoms with Gasteiger partial charge >= 0.3 is 0 Å². The fourth-order valence-electron chi connectivity index (χ4n) is 1.60. The average molecular weight is 374 g/mol. The molecule has 0 amide bonds. The van der Waals surface area contributed by atoms with Crippen LogP contribution in [0.15, 0.2) is 18.2 Å². The van der Waals surface area contributed by atoms with Crippen LogP contribution in [-0.4, -0.2) is 15.0 Å². The summed E-state index contributed by atoms with van der Waals surface area (Å²) in [5.74, 6) is 0.897. The predicted octanol–water partition coefficient (Wildman–Crippen LogP) is 4.23. The molecule has 0 radical (unpaired) electrons. The molecule has 5 heteroatoms. The first-order valence-corrected chi connectivity index (χ1v) is 7.11. The second kappa shape index (κ2) is 5.48. The average Bonchev–Trinajstić information content (AvgIpc) is 2.32. The molecule has 3 nitrogen and oxygen atoms in total. The summed E-state index contributed by atoms with van der Waals surface area (Å²) in [6.07, 6.45) is 0. The maximum atomic E-state index is 6.17. The molecule has 0 spiro atoms. The molecule has 2 heterocycles. The SMILES string of the molecule is Cc1cccc(-c2nc(Cl)c(I)c(C(C)C)n2)n1. The van der Waals surface area contributed by atoms with Gasteiger partial charge in [0.1, 0.15) is 10.8 Å². The van der Waals surface area contributed by atoms with Crippen molar-refractivity contribution in [1.82, 2.24) is 15.0 Å². The zero-order valence-electron chi connectivity index (χ0n) is 10.4. The second-order valence-electron chi connectivity index (χ2n) is 4.36. The summed E-state index contributed by atoms with van der Waals surface area (Å²) in [5, 5.41) is 0.493. The number of hydrogen-bond donors (Lipinski definition) is 0. The monoisotopic (exact) mass is 373 g/mol. The smallest absolute Gasteiger partial charge is 0.179 e. The fraction of sp³-hybridized carbons (Fsp3) is 0.308. The minimum absolute atomic E-state index is 0.306. The first-order chi connectivity index (χ1) is 8.49. The minimum atomic E-state index is 0.306. The Morgan fingerprint density at radius 3 is 2.50 bits per heavy atom. The van der Waals surface area contributed by atoms with Crippen LogP contribution in [0.25, 0.3) is 11.5 Å². The first-order valence-electron chi connectivity index (χ1n) is 5.66. The third kappa shape index (κ3) is 2.80. The van der Waals surface area contributed by atoms with E-state index in [2.05, 4.69) is 51.4 Å². The number of hydrogen-bond acceptors (Lipinski definition) is 3. The molecule has 2 aromatic heterocycles. The first kappa shape index (κ1) is 13.7. The van der Waals surface area contributed by atoms with Crippen LogP contribution in [0.3, 0.4) is 0 Å². The lowest BCUT2D eigenvalue weighted by Crippen LogP contribution is -2.03. The molecule has 0 aromatic carbocycles. The van der Waals surface area contributed by atoms with E-state index < -0.39 is 0 Å². The third-order valence-electron chi connectivity index (χ3n) is 2.50. The maximum Gasteiger partial charge on any atom is 0.179 e. The Morgan fingerprint density at radius 2 is 1.89 bits per heavy atom. The summed E-state index contributed by atoms with van der Waals surface area (Å²) < 4.78 is 0.917. The number of rotatable bonds is 2. The zero-order chi connectivity index (χ0) is 13.3. The Morgan fingerprint density at radius 1 is 1.17 bits per heavy atom. The van der Waals surface area contributed by atoms with E-state index in [1.807, 2.05) is 25.1 Å². The van der Waals surface area contributed by atoms with Crippen LogP contribution < -0.4 is 0 Å². The molecule has 0 bridgehead atoms. The van der Waals surface area contributed by atoms with Gasteiger partial charge in [-0.3, -0.25) is 0 Å². The van der Waals surface area contributed by atoms with Gasteiger partial charge < -0.3 is 0 Å². The van der Waals surface area contributed by atoms with Crippen LogP contribution in [0, 0.1) is 10.5 Å². The molecule has 0 fully saturated rings. The van der Waals surface area contributed by atoms with Gasteiger partial charge in [-0.25, -0.2) is 15.0 Å². The van der Waals surface area contributed by atoms with E-state index in [0.717, 1.165) is 20.7 Å². The van der Waals surface area contributed by atoms with E-state index in [0.29, 0.717) is 16.9 Å². The summed E-state index contributed by atoms with van der Waals surface area (Å²) in [7, 11) is 0. The molecule has 0 aliphatic heterocycles. The van der Waals surface area contributed by atoms with Crippen LogP contribution >= 0.6 is 34.2 Å². The molecular weight excluding hydrogens is 361 g/mol. The molecule has 0 N–H and O–H groups in total. The summed E-state index contributed by atoms with van der Waals surface area (Å²) >= 11 is 8.35. The zero-order valence-corrected chi connectivity index (χ0v) is 13.3. The topological polar surface area (TPSA) is 38.7 Å². The van der Waals surface area contributed by atoms with Gasteiger partial charge in [-0.05, 0) is 47.6 Å². The molecule has 0 aliphatic rings. The highest BCUT2D eigenvalue weighted by Crippen LogP contribution is 2.27. The van der Waals surface area contributed by atoms with E-state index >= 15 is 0 Å². The Balaban J connectivity index is 2.59. The largest absolute Gasteiger partial charge is 0.250 e. The van der Waals surface area contributed by atoms with Crippen molar-refractivity contribution in [1.29, 1.82) is 0 Å². The lowest BCUT2D eigenvalue weighted by Gasteiger charge is -2.10. The van der Waals surface area contributed by atoms with Crippen molar-refractivity contribution in [2.75, 3.05) is 0 Å². The van der Waals surface area contributed by atoms with Crippen molar-refractivity contribution in [3.8, 4) is 11.5 Å². The third-order valence-corrected chi connectivity index (χ3v) is 4.16. The summed E-state index contributed by atoms with van der Waals surface area (Å²) in [6, 6.07) is 5.79.